The first-order valence-corrected chi connectivity index (χ1v) is 33.6. The van der Waals surface area contributed by atoms with Crippen molar-refractivity contribution < 1.29 is 31.7 Å². The Bertz CT molecular complexity index is 3940. The third-order valence-corrected chi connectivity index (χ3v) is 20.6. The van der Waals surface area contributed by atoms with Gasteiger partial charge in [-0.05, 0) is 211 Å². The van der Waals surface area contributed by atoms with Crippen LogP contribution in [0.1, 0.15) is 106 Å². The molecule has 458 valence electrons. The first kappa shape index (κ1) is 62.4. The molecule has 2 amide bonds. The summed E-state index contributed by atoms with van der Waals surface area (Å²) in [5.74, 6) is 0.414. The average Bonchev–Trinajstić information content (AvgIpc) is 2.61. The van der Waals surface area contributed by atoms with E-state index in [1.54, 1.807) is 48.5 Å². The number of carbonyl (C=O) groups is 2. The fourth-order valence-electron chi connectivity index (χ4n) is 11.5. The highest BCUT2D eigenvalue weighted by Gasteiger charge is 2.28. The van der Waals surface area contributed by atoms with Crippen LogP contribution >= 0.6 is 46.4 Å². The summed E-state index contributed by atoms with van der Waals surface area (Å²) in [5.41, 5.74) is 7.86. The number of sulfone groups is 1. The van der Waals surface area contributed by atoms with E-state index >= 15 is 0 Å². The van der Waals surface area contributed by atoms with Crippen molar-refractivity contribution in [1.29, 1.82) is 0 Å². The summed E-state index contributed by atoms with van der Waals surface area (Å²) < 4.78 is 50.9. The Hall–Kier alpha value is -6.24. The molecule has 4 aliphatic heterocycles. The summed E-state index contributed by atoms with van der Waals surface area (Å²) in [6.07, 6.45) is 7.79. The average molecular weight is 1300 g/mol. The first-order valence-electron chi connectivity index (χ1n) is 29.2. The van der Waals surface area contributed by atoms with Gasteiger partial charge in [-0.3, -0.25) is 24.0 Å². The van der Waals surface area contributed by atoms with Crippen molar-refractivity contribution in [1.82, 2.24) is 40.2 Å². The molecule has 4 aromatic heterocycles. The number of likely N-dealkylation sites (tertiary alicyclic amines) is 2. The fourth-order valence-corrected chi connectivity index (χ4v) is 14.8. The van der Waals surface area contributed by atoms with E-state index in [1.165, 1.54) is 23.3 Å². The largest absolute Gasteiger partial charge is 0.381 e. The Morgan fingerprint density at radius 3 is 1.55 bits per heavy atom. The van der Waals surface area contributed by atoms with Crippen LogP contribution in [-0.2, 0) is 41.6 Å². The van der Waals surface area contributed by atoms with E-state index in [0.29, 0.717) is 102 Å². The second-order valence-corrected chi connectivity index (χ2v) is 27.7. The van der Waals surface area contributed by atoms with Crippen molar-refractivity contribution in [3.8, 4) is 0 Å². The minimum absolute atomic E-state index is 0.138. The van der Waals surface area contributed by atoms with Gasteiger partial charge in [0.15, 0.2) is 26.5 Å². The Morgan fingerprint density at radius 2 is 1.05 bits per heavy atom. The minimum Gasteiger partial charge on any atom is -0.381 e. The van der Waals surface area contributed by atoms with E-state index in [-0.39, 0.29) is 57.6 Å². The van der Waals surface area contributed by atoms with E-state index in [9.17, 15) is 22.2 Å². The summed E-state index contributed by atoms with van der Waals surface area (Å²) in [7, 11) is -1.09. The van der Waals surface area contributed by atoms with Crippen LogP contribution in [0.5, 0.6) is 0 Å². The lowest BCUT2D eigenvalue weighted by Gasteiger charge is -2.30. The van der Waals surface area contributed by atoms with Crippen molar-refractivity contribution >= 4 is 124 Å². The quantitative estimate of drug-likeness (QED) is 0.0527. The van der Waals surface area contributed by atoms with Gasteiger partial charge < -0.3 is 40.5 Å². The number of hydrogen-bond donors (Lipinski definition) is 6. The van der Waals surface area contributed by atoms with Gasteiger partial charge in [-0.15, -0.1) is 0 Å². The molecule has 0 saturated carbocycles. The van der Waals surface area contributed by atoms with Crippen molar-refractivity contribution in [3.05, 3.63) is 151 Å². The zero-order valence-electron chi connectivity index (χ0n) is 48.1. The van der Waals surface area contributed by atoms with Crippen molar-refractivity contribution in [2.75, 3.05) is 88.0 Å². The maximum atomic E-state index is 13.7. The molecular weight excluding hydrogens is 1230 g/mol. The van der Waals surface area contributed by atoms with Crippen LogP contribution in [-0.4, -0.2) is 143 Å². The first-order chi connectivity index (χ1) is 42.0. The van der Waals surface area contributed by atoms with Crippen molar-refractivity contribution in [3.63, 3.8) is 0 Å². The molecule has 4 saturated heterocycles. The third-order valence-electron chi connectivity index (χ3n) is 16.5. The monoisotopic (exact) mass is 1300 g/mol. The number of aromatic amines is 2. The molecule has 19 nitrogen and oxygen atoms in total. The van der Waals surface area contributed by atoms with Gasteiger partial charge in [-0.1, -0.05) is 58.5 Å². The standard InChI is InChI=1S/C31H34Cl2N6O4S.C31H34Cl2N6O3S/c1-39-12-8-19(9-13-39)20-2-4-24(27(17-20)34-23-10-14-43-15-11-23)31(40)36-30-29-26(37-38-30)6-7-28(35-29)44(41,42)18-21-16-22(32)3-5-25(21)33;1-39-12-8-19(9-13-39)20-2-4-24(27(17-20)34-23-10-14-42-15-11-23)31(40)36-30-29-26(37-38-30)6-7-28(35-29)43(41)18-21-16-22(32)3-5-25(21)33/h2-7,16-17,19,23,34H,8-15,18H2,1H3,(H2,36,37,38,40);2-7,16-17,19,23,34H,8-15,18H2,1H3,(H2,36,37,38,40). The molecule has 4 aromatic carbocycles. The molecule has 25 heteroatoms. The van der Waals surface area contributed by atoms with Crippen molar-refractivity contribution in [2.24, 2.45) is 0 Å². The molecule has 0 spiro atoms. The normalized spacial score (nSPS) is 17.4. The maximum absolute atomic E-state index is 13.7. The molecule has 8 heterocycles. The Morgan fingerprint density at radius 1 is 0.586 bits per heavy atom. The van der Waals surface area contributed by atoms with Crippen LogP contribution in [0.25, 0.3) is 22.1 Å². The summed E-state index contributed by atoms with van der Waals surface area (Å²) in [5, 5.41) is 29.2. The van der Waals surface area contributed by atoms with Gasteiger partial charge in [0, 0.05) is 70.0 Å². The number of ether oxygens (including phenoxy) is 2. The summed E-state index contributed by atoms with van der Waals surface area (Å²) in [6.45, 7) is 6.96. The fraction of sp³-hybridized carbons (Fsp3) is 0.387. The van der Waals surface area contributed by atoms with Crippen LogP contribution in [0.15, 0.2) is 107 Å². The summed E-state index contributed by atoms with van der Waals surface area (Å²) in [6, 6.07) is 28.7. The van der Waals surface area contributed by atoms with E-state index in [1.807, 2.05) is 18.2 Å². The lowest BCUT2D eigenvalue weighted by atomic mass is 9.88. The predicted molar refractivity (Wildman–Crippen MR) is 344 cm³/mol. The van der Waals surface area contributed by atoms with Crippen LogP contribution in [0.2, 0.25) is 20.1 Å². The number of amides is 2. The number of anilines is 4. The molecule has 87 heavy (non-hydrogen) atoms. The number of halogens is 4. The van der Waals surface area contributed by atoms with Gasteiger partial charge in [0.2, 0.25) is 0 Å². The highest BCUT2D eigenvalue weighted by Crippen LogP contribution is 2.36. The number of aromatic nitrogens is 6. The molecule has 1 atom stereocenters. The van der Waals surface area contributed by atoms with Crippen LogP contribution in [0.3, 0.4) is 0 Å². The van der Waals surface area contributed by atoms with Gasteiger partial charge in [0.25, 0.3) is 11.8 Å². The molecule has 1 unspecified atom stereocenters. The number of benzene rings is 4. The number of piperidine rings is 2. The molecule has 4 aliphatic rings. The number of hydrogen-bond acceptors (Lipinski definition) is 15. The molecular formula is C62H68Cl4N12O7S2. The molecule has 0 aliphatic carbocycles. The van der Waals surface area contributed by atoms with E-state index in [4.69, 9.17) is 55.9 Å². The van der Waals surface area contributed by atoms with Crippen molar-refractivity contribution in [2.45, 2.75) is 96.8 Å². The number of fused-ring (bicyclic) bond motifs is 2. The Labute approximate surface area is 527 Å². The summed E-state index contributed by atoms with van der Waals surface area (Å²) in [4.78, 5) is 41.2. The molecule has 12 rings (SSSR count). The SMILES string of the molecule is CN1CCC(c2ccc(C(=O)Nc3n[nH]c4ccc(S(=O)(=O)Cc5cc(Cl)ccc5Cl)nc34)c(NC3CCOCC3)c2)CC1.CN1CCC(c2ccc(C(=O)Nc3n[nH]c4ccc(S(=O)Cc5cc(Cl)ccc5Cl)nc34)c(NC3CCOCC3)c2)CC1. The summed E-state index contributed by atoms with van der Waals surface area (Å²) >= 11 is 24.7. The predicted octanol–water partition coefficient (Wildman–Crippen LogP) is 12.1. The van der Waals surface area contributed by atoms with Crippen LogP contribution < -0.4 is 21.3 Å². The van der Waals surface area contributed by atoms with Crippen LogP contribution in [0, 0.1) is 0 Å². The van der Waals surface area contributed by atoms with Crippen LogP contribution in [0.4, 0.5) is 23.0 Å². The second-order valence-electron chi connectivity index (χ2n) is 22.7. The van der Waals surface area contributed by atoms with E-state index in [0.717, 1.165) is 88.9 Å². The van der Waals surface area contributed by atoms with Gasteiger partial charge in [-0.2, -0.15) is 10.2 Å². The van der Waals surface area contributed by atoms with Gasteiger partial charge in [0.1, 0.15) is 16.1 Å². The lowest BCUT2D eigenvalue weighted by molar-refractivity contribution is 0.0902. The Kier molecular flexibility index (Phi) is 20.1. The third kappa shape index (κ3) is 15.4. The smallest absolute Gasteiger partial charge is 0.259 e. The maximum Gasteiger partial charge on any atom is 0.259 e. The highest BCUT2D eigenvalue weighted by molar-refractivity contribution is 7.90. The zero-order valence-corrected chi connectivity index (χ0v) is 52.8. The second kappa shape index (κ2) is 28.1. The number of rotatable bonds is 16. The lowest BCUT2D eigenvalue weighted by Crippen LogP contribution is -2.30. The molecule has 0 bridgehead atoms. The minimum atomic E-state index is -3.89. The topological polar surface area (TPSA) is 242 Å². The Balaban J connectivity index is 0.000000180. The number of pyridine rings is 2. The number of nitrogens with one attached hydrogen (secondary N) is 6. The van der Waals surface area contributed by atoms with Gasteiger partial charge in [0.05, 0.1) is 44.5 Å². The van der Waals surface area contributed by atoms with Gasteiger partial charge in [-0.25, -0.2) is 18.4 Å². The number of H-pyrrole nitrogens is 2. The molecule has 6 N–H and O–H groups in total. The number of carbonyl (C=O) groups excluding carboxylic acids is 2. The van der Waals surface area contributed by atoms with Gasteiger partial charge >= 0.3 is 0 Å². The van der Waals surface area contributed by atoms with E-state index < -0.39 is 20.6 Å². The van der Waals surface area contributed by atoms with E-state index in [2.05, 4.69) is 93.7 Å². The number of nitrogens with zero attached hydrogens (tertiary/aromatic N) is 6. The molecule has 0 radical (unpaired) electrons. The highest BCUT2D eigenvalue weighted by atomic mass is 35.5. The zero-order chi connectivity index (χ0) is 60.8. The molecule has 4 fully saturated rings. The molecule has 8 aromatic rings.